The third-order valence-corrected chi connectivity index (χ3v) is 11.8. The minimum absolute atomic E-state index is 0.00809. The largest absolute Gasteiger partial charge is 0.756 e. The SMILES string of the molecule is CC/C=C\C/C=C\C/C=C\C/C=C\CCCCCCCCCCCCCCCCCCCCCCC(=O)NC(COP(=O)([O-])OCC[N+](C)(C)C)C(O)/C=C/CC/C=C/CCC. The Morgan fingerprint density at radius 1 is 0.581 bits per heavy atom. The number of phosphoric acid groups is 1. The number of carbonyl (C=O) groups is 1. The first-order valence-corrected chi connectivity index (χ1v) is 26.8. The molecule has 0 rings (SSSR count). The fourth-order valence-corrected chi connectivity index (χ4v) is 7.65. The van der Waals surface area contributed by atoms with Gasteiger partial charge in [0.25, 0.3) is 7.82 Å². The smallest absolute Gasteiger partial charge is 0.268 e. The number of aliphatic hydroxyl groups excluding tert-OH is 1. The van der Waals surface area contributed by atoms with Gasteiger partial charge < -0.3 is 28.8 Å². The molecular weight excluding hydrogens is 792 g/mol. The van der Waals surface area contributed by atoms with Gasteiger partial charge in [0.05, 0.1) is 39.9 Å². The fourth-order valence-electron chi connectivity index (χ4n) is 6.93. The van der Waals surface area contributed by atoms with E-state index in [1.807, 2.05) is 27.2 Å². The number of rotatable bonds is 45. The Bertz CT molecular complexity index is 1240. The Kier molecular flexibility index (Phi) is 42.7. The van der Waals surface area contributed by atoms with E-state index in [9.17, 15) is 19.4 Å². The van der Waals surface area contributed by atoms with E-state index in [-0.39, 0.29) is 12.5 Å². The van der Waals surface area contributed by atoms with Gasteiger partial charge in [-0.15, -0.1) is 0 Å². The number of phosphoric ester groups is 1. The molecule has 3 unspecified atom stereocenters. The van der Waals surface area contributed by atoms with Gasteiger partial charge >= 0.3 is 0 Å². The molecule has 0 fully saturated rings. The van der Waals surface area contributed by atoms with Gasteiger partial charge in [-0.25, -0.2) is 0 Å². The predicted octanol–water partition coefficient (Wildman–Crippen LogP) is 14.1. The highest BCUT2D eigenvalue weighted by Crippen LogP contribution is 2.38. The lowest BCUT2D eigenvalue weighted by Crippen LogP contribution is -2.45. The van der Waals surface area contributed by atoms with E-state index in [2.05, 4.69) is 79.9 Å². The van der Waals surface area contributed by atoms with Crippen LogP contribution in [-0.4, -0.2) is 68.5 Å². The van der Waals surface area contributed by atoms with Crippen molar-refractivity contribution in [2.24, 2.45) is 0 Å². The number of nitrogens with zero attached hydrogens (tertiary/aromatic N) is 1. The molecule has 9 heteroatoms. The van der Waals surface area contributed by atoms with Crippen molar-refractivity contribution in [3.63, 3.8) is 0 Å². The Labute approximate surface area is 383 Å². The van der Waals surface area contributed by atoms with Crippen molar-refractivity contribution in [3.8, 4) is 0 Å². The van der Waals surface area contributed by atoms with Crippen LogP contribution in [0.25, 0.3) is 0 Å². The van der Waals surface area contributed by atoms with Crippen molar-refractivity contribution < 1.29 is 32.9 Å². The van der Waals surface area contributed by atoms with Gasteiger partial charge in [-0.2, -0.15) is 0 Å². The maximum atomic E-state index is 12.8. The Hall–Kier alpha value is -2.06. The third kappa shape index (κ3) is 45.9. The standard InChI is InChI=1S/C53H97N2O6P/c1-6-8-10-12-14-15-16-17-18-19-20-21-22-23-24-25-26-27-28-29-30-31-32-33-34-35-36-37-38-39-41-43-45-47-53(57)54-51(52(56)46-44-42-40-13-11-9-7-2)50-61-62(58,59)60-49-48-55(3,4)5/h8,10-11,13-15,17-18,20-21,44,46,51-52,56H,6-7,9,12,16,19,22-43,45,47-50H2,1-5H3,(H-,54,57,58,59)/b10-8-,13-11+,15-14-,18-17-,21-20-,46-44+. The molecule has 360 valence electrons. The maximum Gasteiger partial charge on any atom is 0.268 e. The molecule has 2 N–H and O–H groups in total. The lowest BCUT2D eigenvalue weighted by molar-refractivity contribution is -0.870. The summed E-state index contributed by atoms with van der Waals surface area (Å²) in [6.07, 6.45) is 60.2. The summed E-state index contributed by atoms with van der Waals surface area (Å²) in [6, 6.07) is -0.901. The van der Waals surface area contributed by atoms with E-state index in [0.717, 1.165) is 70.6 Å². The third-order valence-electron chi connectivity index (χ3n) is 10.9. The number of aliphatic hydroxyl groups is 1. The molecule has 0 aliphatic rings. The van der Waals surface area contributed by atoms with E-state index in [1.54, 1.807) is 6.08 Å². The van der Waals surface area contributed by atoms with Crippen LogP contribution in [-0.2, 0) is 18.4 Å². The highest BCUT2D eigenvalue weighted by molar-refractivity contribution is 7.45. The first-order chi connectivity index (χ1) is 30.0. The van der Waals surface area contributed by atoms with Crippen molar-refractivity contribution in [1.82, 2.24) is 5.32 Å². The van der Waals surface area contributed by atoms with Crippen molar-refractivity contribution in [1.29, 1.82) is 0 Å². The predicted molar refractivity (Wildman–Crippen MR) is 265 cm³/mol. The molecule has 0 saturated carbocycles. The summed E-state index contributed by atoms with van der Waals surface area (Å²) in [6.45, 7) is 4.39. The topological polar surface area (TPSA) is 108 Å². The fraction of sp³-hybridized carbons (Fsp3) is 0.755. The molecule has 0 bridgehead atoms. The van der Waals surface area contributed by atoms with Gasteiger partial charge in [-0.05, 0) is 64.2 Å². The monoisotopic (exact) mass is 889 g/mol. The summed E-state index contributed by atoms with van der Waals surface area (Å²) in [5.74, 6) is -0.212. The van der Waals surface area contributed by atoms with Crippen LogP contribution in [0.2, 0.25) is 0 Å². The molecule has 0 heterocycles. The lowest BCUT2D eigenvalue weighted by atomic mass is 10.0. The molecule has 3 atom stereocenters. The first-order valence-electron chi connectivity index (χ1n) is 25.3. The zero-order valence-corrected chi connectivity index (χ0v) is 41.7. The molecule has 0 aromatic rings. The molecule has 0 radical (unpaired) electrons. The van der Waals surface area contributed by atoms with Crippen LogP contribution in [0.15, 0.2) is 72.9 Å². The van der Waals surface area contributed by atoms with Crippen LogP contribution in [0.4, 0.5) is 0 Å². The molecule has 0 aliphatic carbocycles. The average Bonchev–Trinajstić information content (AvgIpc) is 3.23. The molecule has 1 amide bonds. The van der Waals surface area contributed by atoms with E-state index < -0.39 is 26.6 Å². The molecule has 0 saturated heterocycles. The Morgan fingerprint density at radius 3 is 1.48 bits per heavy atom. The maximum absolute atomic E-state index is 12.8. The van der Waals surface area contributed by atoms with Crippen LogP contribution in [0, 0.1) is 0 Å². The van der Waals surface area contributed by atoms with Gasteiger partial charge in [0, 0.05) is 6.42 Å². The lowest BCUT2D eigenvalue weighted by Gasteiger charge is -2.29. The zero-order valence-electron chi connectivity index (χ0n) is 40.8. The highest BCUT2D eigenvalue weighted by atomic mass is 31.2. The quantitative estimate of drug-likeness (QED) is 0.0273. The van der Waals surface area contributed by atoms with E-state index in [1.165, 1.54) is 116 Å². The minimum atomic E-state index is -4.59. The number of unbranched alkanes of at least 4 members (excludes halogenated alkanes) is 22. The molecule has 0 spiro atoms. The minimum Gasteiger partial charge on any atom is -0.756 e. The van der Waals surface area contributed by atoms with Crippen LogP contribution in [0.3, 0.4) is 0 Å². The number of quaternary nitrogens is 1. The van der Waals surface area contributed by atoms with Crippen LogP contribution < -0.4 is 10.2 Å². The van der Waals surface area contributed by atoms with Gasteiger partial charge in [0.15, 0.2) is 0 Å². The summed E-state index contributed by atoms with van der Waals surface area (Å²) >= 11 is 0. The second-order valence-electron chi connectivity index (χ2n) is 18.1. The van der Waals surface area contributed by atoms with Crippen LogP contribution in [0.5, 0.6) is 0 Å². The number of hydrogen-bond acceptors (Lipinski definition) is 6. The van der Waals surface area contributed by atoms with Gasteiger partial charge in [0.2, 0.25) is 5.91 Å². The number of allylic oxidation sites excluding steroid dienone is 11. The van der Waals surface area contributed by atoms with E-state index >= 15 is 0 Å². The Morgan fingerprint density at radius 2 is 1.00 bits per heavy atom. The van der Waals surface area contributed by atoms with Crippen LogP contribution in [0.1, 0.15) is 206 Å². The molecule has 8 nitrogen and oxygen atoms in total. The highest BCUT2D eigenvalue weighted by Gasteiger charge is 2.23. The molecule has 0 aromatic heterocycles. The second kappa shape index (κ2) is 44.2. The summed E-state index contributed by atoms with van der Waals surface area (Å²) in [5.41, 5.74) is 0. The van der Waals surface area contributed by atoms with Gasteiger partial charge in [0.1, 0.15) is 13.2 Å². The van der Waals surface area contributed by atoms with Gasteiger partial charge in [-0.3, -0.25) is 9.36 Å². The number of hydrogen-bond donors (Lipinski definition) is 2. The zero-order chi connectivity index (χ0) is 45.7. The van der Waals surface area contributed by atoms with Crippen molar-refractivity contribution >= 4 is 13.7 Å². The normalized spacial score (nSPS) is 14.8. The number of nitrogens with one attached hydrogen (secondary N) is 1. The summed E-state index contributed by atoms with van der Waals surface area (Å²) in [4.78, 5) is 25.2. The molecular formula is C53H97N2O6P. The molecule has 0 aliphatic heterocycles. The van der Waals surface area contributed by atoms with E-state index in [0.29, 0.717) is 17.4 Å². The summed E-state index contributed by atoms with van der Waals surface area (Å²) < 4.78 is 23.1. The van der Waals surface area contributed by atoms with Crippen molar-refractivity contribution in [2.75, 3.05) is 40.9 Å². The molecule has 62 heavy (non-hydrogen) atoms. The van der Waals surface area contributed by atoms with Crippen molar-refractivity contribution in [3.05, 3.63) is 72.9 Å². The second-order valence-corrected chi connectivity index (χ2v) is 19.5. The first kappa shape index (κ1) is 59.9. The summed E-state index contributed by atoms with van der Waals surface area (Å²) in [7, 11) is 1.24. The average molecular weight is 889 g/mol. The van der Waals surface area contributed by atoms with E-state index in [4.69, 9.17) is 9.05 Å². The number of likely N-dealkylation sites (N-methyl/N-ethyl adjacent to an activating group) is 1. The Balaban J connectivity index is 3.90. The van der Waals surface area contributed by atoms with Gasteiger partial charge in [-0.1, -0.05) is 209 Å². The number of amides is 1. The van der Waals surface area contributed by atoms with Crippen LogP contribution >= 0.6 is 7.82 Å². The van der Waals surface area contributed by atoms with Crippen molar-refractivity contribution in [2.45, 2.75) is 219 Å². The summed E-state index contributed by atoms with van der Waals surface area (Å²) in [5, 5.41) is 13.6. The number of carbonyl (C=O) groups excluding carboxylic acids is 1. The molecule has 0 aromatic carbocycles.